The molecule has 1 unspecified atom stereocenters. The molecule has 3 nitrogen and oxygen atoms in total. The van der Waals surface area contributed by atoms with Gasteiger partial charge in [-0.3, -0.25) is 0 Å². The molecule has 0 bridgehead atoms. The Bertz CT molecular complexity index is 450. The van der Waals surface area contributed by atoms with Gasteiger partial charge in [-0.05, 0) is 50.4 Å². The summed E-state index contributed by atoms with van der Waals surface area (Å²) in [6.07, 6.45) is 3.50. The van der Waals surface area contributed by atoms with Crippen molar-refractivity contribution in [2.45, 2.75) is 25.9 Å². The minimum absolute atomic E-state index is 0.275. The zero-order valence-corrected chi connectivity index (χ0v) is 11.0. The second-order valence-corrected chi connectivity index (χ2v) is 4.97. The average Bonchev–Trinajstić information content (AvgIpc) is 2.46. The van der Waals surface area contributed by atoms with E-state index in [1.165, 1.54) is 18.9 Å². The molecule has 1 fully saturated rings. The van der Waals surface area contributed by atoms with Gasteiger partial charge < -0.3 is 10.1 Å². The number of hydrogen-bond acceptors (Lipinski definition) is 3. The molecule has 1 aliphatic heterocycles. The summed E-state index contributed by atoms with van der Waals surface area (Å²) in [5.74, 6) is 0.318. The fourth-order valence-electron chi connectivity index (χ4n) is 2.34. The molecule has 1 aromatic rings. The topological polar surface area (TPSA) is 45.0 Å². The number of nitrogens with one attached hydrogen (secondary N) is 1. The number of hydrogen-bond donors (Lipinski definition) is 1. The second kappa shape index (κ2) is 7.22. The highest BCUT2D eigenvalue weighted by atomic mass is 19.1. The Morgan fingerprint density at radius 2 is 2.37 bits per heavy atom. The van der Waals surface area contributed by atoms with Crippen molar-refractivity contribution in [1.29, 1.82) is 5.26 Å². The van der Waals surface area contributed by atoms with Crippen LogP contribution in [0.25, 0.3) is 0 Å². The maximum absolute atomic E-state index is 13.6. The van der Waals surface area contributed by atoms with Crippen LogP contribution in [0.1, 0.15) is 30.4 Å². The van der Waals surface area contributed by atoms with Crippen molar-refractivity contribution in [3.05, 3.63) is 35.1 Å². The third kappa shape index (κ3) is 4.30. The lowest BCUT2D eigenvalue weighted by Gasteiger charge is -2.22. The van der Waals surface area contributed by atoms with E-state index in [0.29, 0.717) is 23.7 Å². The van der Waals surface area contributed by atoms with Crippen LogP contribution in [0.4, 0.5) is 4.39 Å². The largest absolute Gasteiger partial charge is 0.377 e. The molecule has 1 atom stereocenters. The quantitative estimate of drug-likeness (QED) is 0.830. The maximum atomic E-state index is 13.6. The SMILES string of the molecule is N#Cc1ccc(COCCC2CCCNC2)c(F)c1. The van der Waals surface area contributed by atoms with Crippen LogP contribution in [0.15, 0.2) is 18.2 Å². The summed E-state index contributed by atoms with van der Waals surface area (Å²) in [6, 6.07) is 6.41. The Balaban J connectivity index is 1.72. The number of nitrogens with zero attached hydrogens (tertiary/aromatic N) is 1. The van der Waals surface area contributed by atoms with Crippen molar-refractivity contribution >= 4 is 0 Å². The third-order valence-corrected chi connectivity index (χ3v) is 3.51. The van der Waals surface area contributed by atoms with Crippen LogP contribution in [0.3, 0.4) is 0 Å². The zero-order chi connectivity index (χ0) is 13.5. The number of ether oxygens (including phenoxy) is 1. The summed E-state index contributed by atoms with van der Waals surface area (Å²) in [4.78, 5) is 0. The monoisotopic (exact) mass is 262 g/mol. The van der Waals surface area contributed by atoms with Gasteiger partial charge in [0.25, 0.3) is 0 Å². The maximum Gasteiger partial charge on any atom is 0.130 e. The summed E-state index contributed by atoms with van der Waals surface area (Å²) in [7, 11) is 0. The van der Waals surface area contributed by atoms with Gasteiger partial charge >= 0.3 is 0 Å². The normalized spacial score (nSPS) is 19.1. The van der Waals surface area contributed by atoms with Gasteiger partial charge in [-0.25, -0.2) is 4.39 Å². The van der Waals surface area contributed by atoms with Gasteiger partial charge in [0.15, 0.2) is 0 Å². The fraction of sp³-hybridized carbons (Fsp3) is 0.533. The molecular weight excluding hydrogens is 243 g/mol. The van der Waals surface area contributed by atoms with Crippen molar-refractivity contribution in [2.24, 2.45) is 5.92 Å². The van der Waals surface area contributed by atoms with Gasteiger partial charge in [-0.2, -0.15) is 5.26 Å². The highest BCUT2D eigenvalue weighted by Gasteiger charge is 2.12. The van der Waals surface area contributed by atoms with E-state index in [1.54, 1.807) is 12.1 Å². The minimum Gasteiger partial charge on any atom is -0.377 e. The van der Waals surface area contributed by atoms with E-state index in [-0.39, 0.29) is 12.4 Å². The van der Waals surface area contributed by atoms with Crippen LogP contribution in [0.5, 0.6) is 0 Å². The van der Waals surface area contributed by atoms with E-state index in [2.05, 4.69) is 5.32 Å². The molecule has 1 heterocycles. The minimum atomic E-state index is -0.363. The van der Waals surface area contributed by atoms with Gasteiger partial charge in [0, 0.05) is 12.2 Å². The Kier molecular flexibility index (Phi) is 5.31. The van der Waals surface area contributed by atoms with Crippen molar-refractivity contribution < 1.29 is 9.13 Å². The van der Waals surface area contributed by atoms with E-state index in [9.17, 15) is 4.39 Å². The Morgan fingerprint density at radius 3 is 3.05 bits per heavy atom. The predicted octanol–water partition coefficient (Wildman–Crippen LogP) is 2.60. The number of rotatable bonds is 5. The molecule has 0 radical (unpaired) electrons. The van der Waals surface area contributed by atoms with E-state index in [1.807, 2.05) is 6.07 Å². The summed E-state index contributed by atoms with van der Waals surface area (Å²) in [6.45, 7) is 3.12. The van der Waals surface area contributed by atoms with E-state index < -0.39 is 0 Å². The zero-order valence-electron chi connectivity index (χ0n) is 11.0. The number of nitriles is 1. The summed E-state index contributed by atoms with van der Waals surface area (Å²) >= 11 is 0. The standard InChI is InChI=1S/C15H19FN2O/c16-15-8-13(9-17)3-4-14(15)11-19-7-5-12-2-1-6-18-10-12/h3-4,8,12,18H,1-2,5-7,10-11H2. The van der Waals surface area contributed by atoms with E-state index >= 15 is 0 Å². The molecule has 1 N–H and O–H groups in total. The number of benzene rings is 1. The van der Waals surface area contributed by atoms with Crippen LogP contribution < -0.4 is 5.32 Å². The number of halogens is 1. The van der Waals surface area contributed by atoms with Crippen molar-refractivity contribution in [1.82, 2.24) is 5.32 Å². The molecule has 1 saturated heterocycles. The molecule has 2 rings (SSSR count). The lowest BCUT2D eigenvalue weighted by molar-refractivity contribution is 0.101. The molecule has 102 valence electrons. The Labute approximate surface area is 113 Å². The van der Waals surface area contributed by atoms with Crippen molar-refractivity contribution in [3.8, 4) is 6.07 Å². The van der Waals surface area contributed by atoms with Crippen LogP contribution in [0, 0.1) is 23.1 Å². The molecule has 19 heavy (non-hydrogen) atoms. The average molecular weight is 262 g/mol. The second-order valence-electron chi connectivity index (χ2n) is 4.97. The van der Waals surface area contributed by atoms with Gasteiger partial charge in [0.05, 0.1) is 18.2 Å². The summed E-state index contributed by atoms with van der Waals surface area (Å²) in [5, 5.41) is 12.0. The predicted molar refractivity (Wildman–Crippen MR) is 71.0 cm³/mol. The van der Waals surface area contributed by atoms with Gasteiger partial charge in [0.2, 0.25) is 0 Å². The molecular formula is C15H19FN2O. The van der Waals surface area contributed by atoms with E-state index in [4.69, 9.17) is 10.00 Å². The smallest absolute Gasteiger partial charge is 0.130 e. The lowest BCUT2D eigenvalue weighted by atomic mass is 9.97. The molecule has 1 aromatic carbocycles. The molecule has 0 spiro atoms. The third-order valence-electron chi connectivity index (χ3n) is 3.51. The molecule has 1 aliphatic rings. The van der Waals surface area contributed by atoms with Gasteiger partial charge in [0.1, 0.15) is 5.82 Å². The fourth-order valence-corrected chi connectivity index (χ4v) is 2.34. The molecule has 0 saturated carbocycles. The lowest BCUT2D eigenvalue weighted by Crippen LogP contribution is -2.30. The first-order valence-corrected chi connectivity index (χ1v) is 6.76. The first-order chi connectivity index (χ1) is 9.29. The van der Waals surface area contributed by atoms with Crippen LogP contribution in [0.2, 0.25) is 0 Å². The Hall–Kier alpha value is -1.44. The van der Waals surface area contributed by atoms with Gasteiger partial charge in [-0.1, -0.05) is 6.07 Å². The number of piperidine rings is 1. The van der Waals surface area contributed by atoms with Crippen LogP contribution in [-0.2, 0) is 11.3 Å². The highest BCUT2D eigenvalue weighted by molar-refractivity contribution is 5.32. The van der Waals surface area contributed by atoms with Crippen LogP contribution in [-0.4, -0.2) is 19.7 Å². The molecule has 0 aliphatic carbocycles. The Morgan fingerprint density at radius 1 is 1.47 bits per heavy atom. The molecule has 0 aromatic heterocycles. The van der Waals surface area contributed by atoms with Crippen LogP contribution >= 0.6 is 0 Å². The summed E-state index contributed by atoms with van der Waals surface area (Å²) in [5.41, 5.74) is 0.857. The molecule has 0 amide bonds. The first-order valence-electron chi connectivity index (χ1n) is 6.76. The van der Waals surface area contributed by atoms with Crippen molar-refractivity contribution in [2.75, 3.05) is 19.7 Å². The van der Waals surface area contributed by atoms with E-state index in [0.717, 1.165) is 19.5 Å². The van der Waals surface area contributed by atoms with Crippen molar-refractivity contribution in [3.63, 3.8) is 0 Å². The molecule has 4 heteroatoms. The first kappa shape index (κ1) is 14.0. The highest BCUT2D eigenvalue weighted by Crippen LogP contribution is 2.15. The summed E-state index contributed by atoms with van der Waals surface area (Å²) < 4.78 is 19.1. The van der Waals surface area contributed by atoms with Gasteiger partial charge in [-0.15, -0.1) is 0 Å².